The van der Waals surface area contributed by atoms with Crippen LogP contribution in [0, 0.1) is 5.82 Å². The SMILES string of the molecule is Cn1c(SCCOc2ccccc2F)nnc1-c1ccco1. The lowest BCUT2D eigenvalue weighted by Gasteiger charge is -2.06. The number of furan rings is 1. The largest absolute Gasteiger partial charge is 0.490 e. The van der Waals surface area contributed by atoms with Gasteiger partial charge in [0.05, 0.1) is 12.9 Å². The molecular weight excluding hydrogens is 305 g/mol. The molecule has 0 aliphatic carbocycles. The third kappa shape index (κ3) is 3.14. The Morgan fingerprint density at radius 2 is 2.09 bits per heavy atom. The monoisotopic (exact) mass is 319 g/mol. The summed E-state index contributed by atoms with van der Waals surface area (Å²) in [6, 6.07) is 9.99. The molecule has 0 bridgehead atoms. The topological polar surface area (TPSA) is 53.1 Å². The van der Waals surface area contributed by atoms with Crippen molar-refractivity contribution in [2.75, 3.05) is 12.4 Å². The number of aromatic nitrogens is 3. The van der Waals surface area contributed by atoms with Crippen molar-refractivity contribution in [1.82, 2.24) is 14.8 Å². The van der Waals surface area contributed by atoms with Crippen molar-refractivity contribution in [3.05, 3.63) is 48.5 Å². The van der Waals surface area contributed by atoms with E-state index in [9.17, 15) is 4.39 Å². The van der Waals surface area contributed by atoms with E-state index >= 15 is 0 Å². The maximum Gasteiger partial charge on any atom is 0.200 e. The van der Waals surface area contributed by atoms with E-state index in [-0.39, 0.29) is 11.6 Å². The standard InChI is InChI=1S/C15H14FN3O2S/c1-19-14(13-7-4-8-20-13)17-18-15(19)22-10-9-21-12-6-3-2-5-11(12)16/h2-8H,9-10H2,1H3. The van der Waals surface area contributed by atoms with Gasteiger partial charge >= 0.3 is 0 Å². The van der Waals surface area contributed by atoms with Crippen LogP contribution in [0.1, 0.15) is 0 Å². The minimum atomic E-state index is -0.355. The minimum absolute atomic E-state index is 0.261. The summed E-state index contributed by atoms with van der Waals surface area (Å²) < 4.78 is 26.0. The van der Waals surface area contributed by atoms with E-state index in [0.29, 0.717) is 23.9 Å². The molecule has 0 saturated heterocycles. The van der Waals surface area contributed by atoms with Crippen LogP contribution in [-0.2, 0) is 7.05 Å². The molecule has 2 heterocycles. The smallest absolute Gasteiger partial charge is 0.200 e. The Bertz CT molecular complexity index is 743. The molecule has 0 spiro atoms. The van der Waals surface area contributed by atoms with Gasteiger partial charge in [-0.15, -0.1) is 10.2 Å². The van der Waals surface area contributed by atoms with Gasteiger partial charge in [-0.2, -0.15) is 0 Å². The fourth-order valence-electron chi connectivity index (χ4n) is 1.91. The van der Waals surface area contributed by atoms with Crippen LogP contribution in [-0.4, -0.2) is 27.1 Å². The second-order valence-corrected chi connectivity index (χ2v) is 5.53. The zero-order valence-corrected chi connectivity index (χ0v) is 12.7. The first-order valence-corrected chi connectivity index (χ1v) is 7.67. The fraction of sp³-hybridized carbons (Fsp3) is 0.200. The second kappa shape index (κ2) is 6.65. The predicted octanol–water partition coefficient (Wildman–Crippen LogP) is 3.39. The van der Waals surface area contributed by atoms with Crippen LogP contribution < -0.4 is 4.74 Å². The number of nitrogens with zero attached hydrogens (tertiary/aromatic N) is 3. The molecule has 0 aliphatic heterocycles. The summed E-state index contributed by atoms with van der Waals surface area (Å²) in [5.74, 6) is 1.88. The van der Waals surface area contributed by atoms with Gasteiger partial charge in [-0.3, -0.25) is 0 Å². The number of thioether (sulfide) groups is 1. The second-order valence-electron chi connectivity index (χ2n) is 4.47. The van der Waals surface area contributed by atoms with Crippen LogP contribution >= 0.6 is 11.8 Å². The van der Waals surface area contributed by atoms with Crippen molar-refractivity contribution >= 4 is 11.8 Å². The summed E-state index contributed by atoms with van der Waals surface area (Å²) in [4.78, 5) is 0. The van der Waals surface area contributed by atoms with E-state index in [1.807, 2.05) is 17.7 Å². The van der Waals surface area contributed by atoms with Gasteiger partial charge < -0.3 is 13.7 Å². The Hall–Kier alpha value is -2.28. The average Bonchev–Trinajstić information content (AvgIpc) is 3.15. The van der Waals surface area contributed by atoms with E-state index in [1.165, 1.54) is 17.8 Å². The van der Waals surface area contributed by atoms with Crippen molar-refractivity contribution in [2.45, 2.75) is 5.16 Å². The van der Waals surface area contributed by atoms with Gasteiger partial charge in [-0.05, 0) is 24.3 Å². The molecule has 0 N–H and O–H groups in total. The van der Waals surface area contributed by atoms with Crippen LogP contribution in [0.15, 0.2) is 52.2 Å². The first-order chi connectivity index (χ1) is 10.8. The fourth-order valence-corrected chi connectivity index (χ4v) is 2.64. The van der Waals surface area contributed by atoms with Crippen molar-refractivity contribution < 1.29 is 13.5 Å². The third-order valence-corrected chi connectivity index (χ3v) is 3.97. The van der Waals surface area contributed by atoms with E-state index in [1.54, 1.807) is 30.5 Å². The zero-order chi connectivity index (χ0) is 15.4. The molecule has 3 aromatic rings. The van der Waals surface area contributed by atoms with E-state index in [4.69, 9.17) is 9.15 Å². The number of benzene rings is 1. The van der Waals surface area contributed by atoms with Crippen molar-refractivity contribution in [3.63, 3.8) is 0 Å². The molecule has 0 fully saturated rings. The maximum atomic E-state index is 13.4. The molecule has 1 aromatic carbocycles. The molecule has 0 amide bonds. The number of hydrogen-bond donors (Lipinski definition) is 0. The lowest BCUT2D eigenvalue weighted by atomic mass is 10.3. The van der Waals surface area contributed by atoms with Crippen molar-refractivity contribution in [2.24, 2.45) is 7.05 Å². The first-order valence-electron chi connectivity index (χ1n) is 6.69. The van der Waals surface area contributed by atoms with Gasteiger partial charge in [0, 0.05) is 12.8 Å². The van der Waals surface area contributed by atoms with E-state index in [0.717, 1.165) is 5.16 Å². The number of ether oxygens (including phenoxy) is 1. The summed E-state index contributed by atoms with van der Waals surface area (Å²) in [5.41, 5.74) is 0. The molecule has 0 atom stereocenters. The molecule has 2 aromatic heterocycles. The van der Waals surface area contributed by atoms with Gasteiger partial charge in [0.2, 0.25) is 0 Å². The summed E-state index contributed by atoms with van der Waals surface area (Å²) in [5, 5.41) is 8.98. The Morgan fingerprint density at radius 1 is 1.23 bits per heavy atom. The lowest BCUT2D eigenvalue weighted by Crippen LogP contribution is -2.03. The summed E-state index contributed by atoms with van der Waals surface area (Å²) in [6.07, 6.45) is 1.60. The molecular formula is C15H14FN3O2S. The number of hydrogen-bond acceptors (Lipinski definition) is 5. The van der Waals surface area contributed by atoms with Gasteiger partial charge in [0.25, 0.3) is 0 Å². The molecule has 0 radical (unpaired) electrons. The molecule has 5 nitrogen and oxygen atoms in total. The normalized spacial score (nSPS) is 10.8. The molecule has 3 rings (SSSR count). The van der Waals surface area contributed by atoms with Crippen molar-refractivity contribution in [3.8, 4) is 17.3 Å². The molecule has 0 saturated carbocycles. The highest BCUT2D eigenvalue weighted by molar-refractivity contribution is 7.99. The Labute approximate surface area is 131 Å². The summed E-state index contributed by atoms with van der Waals surface area (Å²) in [6.45, 7) is 0.383. The lowest BCUT2D eigenvalue weighted by molar-refractivity contribution is 0.325. The molecule has 114 valence electrons. The maximum absolute atomic E-state index is 13.4. The van der Waals surface area contributed by atoms with Gasteiger partial charge in [-0.1, -0.05) is 23.9 Å². The summed E-state index contributed by atoms with van der Waals surface area (Å²) >= 11 is 1.49. The first kappa shape index (κ1) is 14.6. The highest BCUT2D eigenvalue weighted by Gasteiger charge is 2.13. The number of para-hydroxylation sites is 1. The van der Waals surface area contributed by atoms with Gasteiger partial charge in [0.15, 0.2) is 28.3 Å². The molecule has 22 heavy (non-hydrogen) atoms. The predicted molar refractivity (Wildman–Crippen MR) is 81.3 cm³/mol. The number of rotatable bonds is 6. The highest BCUT2D eigenvalue weighted by Crippen LogP contribution is 2.23. The minimum Gasteiger partial charge on any atom is -0.490 e. The Morgan fingerprint density at radius 3 is 2.86 bits per heavy atom. The van der Waals surface area contributed by atoms with Crippen LogP contribution in [0.3, 0.4) is 0 Å². The third-order valence-electron chi connectivity index (χ3n) is 2.99. The average molecular weight is 319 g/mol. The van der Waals surface area contributed by atoms with E-state index in [2.05, 4.69) is 10.2 Å². The van der Waals surface area contributed by atoms with Gasteiger partial charge in [-0.25, -0.2) is 4.39 Å². The number of halogens is 1. The summed E-state index contributed by atoms with van der Waals surface area (Å²) in [7, 11) is 1.87. The molecule has 7 heteroatoms. The molecule has 0 unspecified atom stereocenters. The van der Waals surface area contributed by atoms with Crippen LogP contribution in [0.4, 0.5) is 4.39 Å². The highest BCUT2D eigenvalue weighted by atomic mass is 32.2. The van der Waals surface area contributed by atoms with Crippen molar-refractivity contribution in [1.29, 1.82) is 0 Å². The van der Waals surface area contributed by atoms with Crippen LogP contribution in [0.25, 0.3) is 11.6 Å². The Balaban J connectivity index is 1.55. The zero-order valence-electron chi connectivity index (χ0n) is 11.9. The quantitative estimate of drug-likeness (QED) is 0.515. The van der Waals surface area contributed by atoms with E-state index < -0.39 is 0 Å². The van der Waals surface area contributed by atoms with Crippen LogP contribution in [0.2, 0.25) is 0 Å². The molecule has 0 aliphatic rings. The Kier molecular flexibility index (Phi) is 4.43. The van der Waals surface area contributed by atoms with Gasteiger partial charge in [0.1, 0.15) is 0 Å². The van der Waals surface area contributed by atoms with Crippen LogP contribution in [0.5, 0.6) is 5.75 Å².